The van der Waals surface area contributed by atoms with Crippen molar-refractivity contribution in [2.75, 3.05) is 4.90 Å². The minimum atomic E-state index is -0.511. The number of imide groups is 1. The van der Waals surface area contributed by atoms with E-state index in [1.54, 1.807) is 48.5 Å². The van der Waals surface area contributed by atoms with Gasteiger partial charge in [0.15, 0.2) is 0 Å². The van der Waals surface area contributed by atoms with Crippen LogP contribution in [0.3, 0.4) is 0 Å². The van der Waals surface area contributed by atoms with Crippen molar-refractivity contribution >= 4 is 35.1 Å². The maximum atomic E-state index is 12.9. The number of benzene rings is 2. The van der Waals surface area contributed by atoms with Crippen molar-refractivity contribution in [3.63, 3.8) is 0 Å². The molecule has 4 atom stereocenters. The van der Waals surface area contributed by atoms with E-state index in [1.807, 2.05) is 0 Å². The van der Waals surface area contributed by atoms with Gasteiger partial charge in [0.1, 0.15) is 5.75 Å². The molecular formula is C22H18ClNO4. The summed E-state index contributed by atoms with van der Waals surface area (Å²) in [5.41, 5.74) is 0.866. The molecule has 5 rings (SSSR count). The Morgan fingerprint density at radius 3 is 2.04 bits per heavy atom. The third-order valence-corrected chi connectivity index (χ3v) is 6.56. The molecular weight excluding hydrogens is 378 g/mol. The first-order chi connectivity index (χ1) is 13.5. The van der Waals surface area contributed by atoms with Gasteiger partial charge in [-0.3, -0.25) is 14.5 Å². The molecule has 2 aliphatic carbocycles. The molecule has 2 aromatic rings. The van der Waals surface area contributed by atoms with Gasteiger partial charge in [-0.15, -0.1) is 0 Å². The summed E-state index contributed by atoms with van der Waals surface area (Å²) < 4.78 is 5.32. The molecule has 2 aromatic carbocycles. The molecule has 28 heavy (non-hydrogen) atoms. The second kappa shape index (κ2) is 6.45. The Balaban J connectivity index is 1.34. The smallest absolute Gasteiger partial charge is 0.343 e. The normalized spacial score (nSPS) is 28.0. The van der Waals surface area contributed by atoms with E-state index in [0.717, 1.165) is 19.3 Å². The summed E-state index contributed by atoms with van der Waals surface area (Å²) in [5, 5.41) is 0.558. The number of anilines is 1. The number of hydrogen-bond donors (Lipinski definition) is 0. The number of carbonyl (C=O) groups is 3. The summed E-state index contributed by atoms with van der Waals surface area (Å²) in [7, 11) is 0. The third kappa shape index (κ3) is 2.65. The lowest BCUT2D eigenvalue weighted by Crippen LogP contribution is -2.32. The van der Waals surface area contributed by atoms with Crippen molar-refractivity contribution in [2.24, 2.45) is 23.7 Å². The molecule has 1 heterocycles. The molecule has 0 radical (unpaired) electrons. The topological polar surface area (TPSA) is 63.7 Å². The number of ether oxygens (including phenoxy) is 1. The lowest BCUT2D eigenvalue weighted by atomic mass is 9.81. The van der Waals surface area contributed by atoms with Gasteiger partial charge in [-0.05, 0) is 79.6 Å². The molecule has 5 nitrogen and oxygen atoms in total. The fourth-order valence-electron chi connectivity index (χ4n) is 5.08. The maximum Gasteiger partial charge on any atom is 0.343 e. The van der Waals surface area contributed by atoms with Crippen molar-refractivity contribution in [1.82, 2.24) is 0 Å². The number of esters is 1. The first kappa shape index (κ1) is 17.4. The number of amides is 2. The molecule has 3 fully saturated rings. The Morgan fingerprint density at radius 2 is 1.46 bits per heavy atom. The number of rotatable bonds is 3. The zero-order valence-corrected chi connectivity index (χ0v) is 15.8. The lowest BCUT2D eigenvalue weighted by molar-refractivity contribution is -0.123. The van der Waals surface area contributed by atoms with Gasteiger partial charge in [0.05, 0.1) is 23.1 Å². The van der Waals surface area contributed by atoms with Gasteiger partial charge < -0.3 is 4.74 Å². The number of fused-ring (bicyclic) bond motifs is 5. The highest BCUT2D eigenvalue weighted by Gasteiger charge is 2.61. The summed E-state index contributed by atoms with van der Waals surface area (Å²) in [4.78, 5) is 39.4. The van der Waals surface area contributed by atoms with Crippen LogP contribution < -0.4 is 9.64 Å². The summed E-state index contributed by atoms with van der Waals surface area (Å²) in [5.74, 6) is 0.115. The Morgan fingerprint density at radius 1 is 0.893 bits per heavy atom. The van der Waals surface area contributed by atoms with Crippen LogP contribution in [0.2, 0.25) is 5.02 Å². The number of nitrogens with zero attached hydrogens (tertiary/aromatic N) is 1. The molecule has 1 saturated heterocycles. The first-order valence-electron chi connectivity index (χ1n) is 9.48. The second-order valence-corrected chi connectivity index (χ2v) is 8.22. The van der Waals surface area contributed by atoms with Gasteiger partial charge in [0.2, 0.25) is 11.8 Å². The number of hydrogen-bond acceptors (Lipinski definition) is 4. The van der Waals surface area contributed by atoms with Crippen LogP contribution in [0.5, 0.6) is 5.75 Å². The first-order valence-corrected chi connectivity index (χ1v) is 9.86. The van der Waals surface area contributed by atoms with E-state index in [0.29, 0.717) is 33.9 Å². The van der Waals surface area contributed by atoms with Crippen LogP contribution in [-0.2, 0) is 9.59 Å². The van der Waals surface area contributed by atoms with E-state index >= 15 is 0 Å². The van der Waals surface area contributed by atoms with E-state index < -0.39 is 5.97 Å². The quantitative estimate of drug-likeness (QED) is 0.446. The standard InChI is InChI=1S/C22H18ClNO4/c23-15-5-9-17(10-6-15)28-22(27)12-3-7-16(8-4-12)24-20(25)18-13-1-2-14(11-13)19(18)21(24)26/h3-10,13-14,18-19H,1-2,11H2/t13-,14-,18-,19-/m0/s1. The van der Waals surface area contributed by atoms with Crippen LogP contribution in [0.15, 0.2) is 48.5 Å². The van der Waals surface area contributed by atoms with Crippen LogP contribution in [0.1, 0.15) is 29.6 Å². The molecule has 2 saturated carbocycles. The van der Waals surface area contributed by atoms with Crippen LogP contribution in [-0.4, -0.2) is 17.8 Å². The van der Waals surface area contributed by atoms with E-state index in [2.05, 4.69) is 0 Å². The Bertz CT molecular complexity index is 941. The summed E-state index contributed by atoms with van der Waals surface area (Å²) >= 11 is 5.83. The van der Waals surface area contributed by atoms with Gasteiger partial charge in [-0.1, -0.05) is 11.6 Å². The van der Waals surface area contributed by atoms with E-state index in [-0.39, 0.29) is 23.7 Å². The molecule has 6 heteroatoms. The van der Waals surface area contributed by atoms with E-state index in [1.165, 1.54) is 4.90 Å². The highest BCUT2D eigenvalue weighted by atomic mass is 35.5. The molecule has 1 aliphatic heterocycles. The largest absolute Gasteiger partial charge is 0.423 e. The van der Waals surface area contributed by atoms with Crippen LogP contribution in [0.4, 0.5) is 5.69 Å². The fraction of sp³-hybridized carbons (Fsp3) is 0.318. The van der Waals surface area contributed by atoms with Crippen molar-refractivity contribution < 1.29 is 19.1 Å². The average Bonchev–Trinajstić information content (AvgIpc) is 3.38. The van der Waals surface area contributed by atoms with Crippen molar-refractivity contribution in [3.05, 3.63) is 59.1 Å². The zero-order chi connectivity index (χ0) is 19.4. The van der Waals surface area contributed by atoms with Crippen molar-refractivity contribution in [2.45, 2.75) is 19.3 Å². The number of carbonyl (C=O) groups excluding carboxylic acids is 3. The van der Waals surface area contributed by atoms with Gasteiger partial charge in [-0.25, -0.2) is 4.79 Å². The Hall–Kier alpha value is -2.66. The number of halogens is 1. The molecule has 0 aromatic heterocycles. The van der Waals surface area contributed by atoms with Crippen LogP contribution >= 0.6 is 11.6 Å². The zero-order valence-electron chi connectivity index (χ0n) is 15.0. The minimum Gasteiger partial charge on any atom is -0.423 e. The molecule has 0 spiro atoms. The highest BCUT2D eigenvalue weighted by Crippen LogP contribution is 2.56. The Kier molecular flexibility index (Phi) is 4.02. The van der Waals surface area contributed by atoms with Crippen molar-refractivity contribution in [3.8, 4) is 5.75 Å². The second-order valence-electron chi connectivity index (χ2n) is 7.79. The molecule has 2 bridgehead atoms. The van der Waals surface area contributed by atoms with Crippen LogP contribution in [0.25, 0.3) is 0 Å². The van der Waals surface area contributed by atoms with Gasteiger partial charge in [0, 0.05) is 5.02 Å². The van der Waals surface area contributed by atoms with Crippen LogP contribution in [0, 0.1) is 23.7 Å². The summed E-state index contributed by atoms with van der Waals surface area (Å²) in [6.07, 6.45) is 3.11. The monoisotopic (exact) mass is 395 g/mol. The van der Waals surface area contributed by atoms with E-state index in [4.69, 9.17) is 16.3 Å². The van der Waals surface area contributed by atoms with Gasteiger partial charge in [0.25, 0.3) is 0 Å². The molecule has 0 unspecified atom stereocenters. The molecule has 3 aliphatic rings. The summed E-state index contributed by atoms with van der Waals surface area (Å²) in [6, 6.07) is 12.9. The fourth-order valence-corrected chi connectivity index (χ4v) is 5.20. The SMILES string of the molecule is O=C(Oc1ccc(Cl)cc1)c1ccc(N2C(=O)[C@H]3[C@H]4CC[C@@H](C4)[C@@H]3C2=O)cc1. The Labute approximate surface area is 167 Å². The van der Waals surface area contributed by atoms with Gasteiger partial charge in [-0.2, -0.15) is 0 Å². The third-order valence-electron chi connectivity index (χ3n) is 6.31. The van der Waals surface area contributed by atoms with Crippen molar-refractivity contribution in [1.29, 1.82) is 0 Å². The summed E-state index contributed by atoms with van der Waals surface area (Å²) in [6.45, 7) is 0. The van der Waals surface area contributed by atoms with Gasteiger partial charge >= 0.3 is 5.97 Å². The predicted molar refractivity (Wildman–Crippen MR) is 103 cm³/mol. The molecule has 142 valence electrons. The minimum absolute atomic E-state index is 0.0845. The molecule has 2 amide bonds. The molecule has 0 N–H and O–H groups in total. The lowest BCUT2D eigenvalue weighted by Gasteiger charge is -2.19. The average molecular weight is 396 g/mol. The predicted octanol–water partition coefficient (Wildman–Crippen LogP) is 4.09. The van der Waals surface area contributed by atoms with E-state index in [9.17, 15) is 14.4 Å². The highest BCUT2D eigenvalue weighted by molar-refractivity contribution is 6.30. The maximum absolute atomic E-state index is 12.9.